The molecule has 0 atom stereocenters. The summed E-state index contributed by atoms with van der Waals surface area (Å²) in [6.07, 6.45) is 6.80. The van der Waals surface area contributed by atoms with Crippen molar-refractivity contribution in [3.8, 4) is 0 Å². The van der Waals surface area contributed by atoms with E-state index in [4.69, 9.17) is 23.2 Å². The predicted octanol–water partition coefficient (Wildman–Crippen LogP) is 5.15. The highest BCUT2D eigenvalue weighted by atomic mass is 35.5. The van der Waals surface area contributed by atoms with Crippen LogP contribution in [0.4, 0.5) is 0 Å². The van der Waals surface area contributed by atoms with Gasteiger partial charge in [0.1, 0.15) is 0 Å². The van der Waals surface area contributed by atoms with Crippen molar-refractivity contribution in [3.63, 3.8) is 0 Å². The molecule has 1 fully saturated rings. The highest BCUT2D eigenvalue weighted by Gasteiger charge is 2.23. The summed E-state index contributed by atoms with van der Waals surface area (Å²) in [5.74, 6) is 0.338. The first kappa shape index (κ1) is 12.9. The van der Waals surface area contributed by atoms with E-state index in [0.717, 1.165) is 25.7 Å². The number of rotatable bonds is 2. The van der Waals surface area contributed by atoms with Crippen LogP contribution in [0, 0.1) is 5.92 Å². The molecular formula is C14H16Cl2O. The summed E-state index contributed by atoms with van der Waals surface area (Å²) in [6, 6.07) is 5.13. The Balaban J connectivity index is 2.17. The van der Waals surface area contributed by atoms with E-state index in [2.05, 4.69) is 0 Å². The molecule has 17 heavy (non-hydrogen) atoms. The Labute approximate surface area is 112 Å². The third-order valence-electron chi connectivity index (χ3n) is 3.42. The Bertz CT molecular complexity index is 407. The zero-order valence-electron chi connectivity index (χ0n) is 9.72. The number of hydrogen-bond donors (Lipinski definition) is 0. The van der Waals surface area contributed by atoms with E-state index >= 15 is 0 Å². The molecule has 0 bridgehead atoms. The van der Waals surface area contributed by atoms with Crippen LogP contribution in [0.5, 0.6) is 0 Å². The van der Waals surface area contributed by atoms with Gasteiger partial charge >= 0.3 is 0 Å². The quantitative estimate of drug-likeness (QED) is 0.537. The number of carbonyl (C=O) groups is 1. The van der Waals surface area contributed by atoms with Crippen LogP contribution in [0.3, 0.4) is 0 Å². The van der Waals surface area contributed by atoms with Crippen LogP contribution < -0.4 is 0 Å². The highest BCUT2D eigenvalue weighted by molar-refractivity contribution is 6.36. The molecule has 1 aliphatic carbocycles. The minimum absolute atomic E-state index is 0.149. The molecule has 3 heteroatoms. The third-order valence-corrected chi connectivity index (χ3v) is 3.97. The van der Waals surface area contributed by atoms with Crippen LogP contribution in [0.15, 0.2) is 18.2 Å². The summed E-state index contributed by atoms with van der Waals surface area (Å²) >= 11 is 11.9. The van der Waals surface area contributed by atoms with Crippen LogP contribution in [0.1, 0.15) is 48.9 Å². The van der Waals surface area contributed by atoms with Crippen molar-refractivity contribution in [2.75, 3.05) is 0 Å². The lowest BCUT2D eigenvalue weighted by molar-refractivity contribution is 0.0908. The van der Waals surface area contributed by atoms with Crippen LogP contribution >= 0.6 is 23.2 Å². The van der Waals surface area contributed by atoms with E-state index in [1.807, 2.05) is 0 Å². The molecule has 0 radical (unpaired) electrons. The van der Waals surface area contributed by atoms with Crippen molar-refractivity contribution in [1.29, 1.82) is 0 Å². The van der Waals surface area contributed by atoms with Crippen molar-refractivity contribution in [1.82, 2.24) is 0 Å². The van der Waals surface area contributed by atoms with Crippen molar-refractivity contribution in [3.05, 3.63) is 33.8 Å². The molecule has 2 rings (SSSR count). The Morgan fingerprint density at radius 3 is 2.29 bits per heavy atom. The lowest BCUT2D eigenvalue weighted by Gasteiger charge is -2.13. The van der Waals surface area contributed by atoms with Crippen molar-refractivity contribution >= 4 is 29.0 Å². The van der Waals surface area contributed by atoms with E-state index < -0.39 is 0 Å². The van der Waals surface area contributed by atoms with Gasteiger partial charge < -0.3 is 0 Å². The summed E-state index contributed by atoms with van der Waals surface area (Å²) in [6.45, 7) is 0. The summed E-state index contributed by atoms with van der Waals surface area (Å²) in [5, 5.41) is 1.05. The predicted molar refractivity (Wildman–Crippen MR) is 72.0 cm³/mol. The maximum atomic E-state index is 12.4. The SMILES string of the molecule is O=C(c1ccc(Cl)cc1Cl)C1CCCCCC1. The summed E-state index contributed by atoms with van der Waals surface area (Å²) in [7, 11) is 0. The molecule has 1 aliphatic rings. The maximum Gasteiger partial charge on any atom is 0.167 e. The van der Waals surface area contributed by atoms with Gasteiger partial charge in [0.2, 0.25) is 0 Å². The number of benzene rings is 1. The molecule has 0 aliphatic heterocycles. The van der Waals surface area contributed by atoms with Gasteiger partial charge in [-0.25, -0.2) is 0 Å². The number of halogens is 2. The van der Waals surface area contributed by atoms with Crippen LogP contribution in [0.2, 0.25) is 10.0 Å². The average molecular weight is 271 g/mol. The van der Waals surface area contributed by atoms with Gasteiger partial charge in [-0.3, -0.25) is 4.79 Å². The molecule has 1 saturated carbocycles. The zero-order valence-corrected chi connectivity index (χ0v) is 11.2. The molecule has 0 aromatic heterocycles. The fourth-order valence-corrected chi connectivity index (χ4v) is 2.95. The van der Waals surface area contributed by atoms with Gasteiger partial charge in [-0.15, -0.1) is 0 Å². The lowest BCUT2D eigenvalue weighted by atomic mass is 9.91. The van der Waals surface area contributed by atoms with Crippen molar-refractivity contribution in [2.24, 2.45) is 5.92 Å². The van der Waals surface area contributed by atoms with Gasteiger partial charge in [0.25, 0.3) is 0 Å². The molecule has 0 N–H and O–H groups in total. The molecular weight excluding hydrogens is 255 g/mol. The van der Waals surface area contributed by atoms with Gasteiger partial charge in [0.05, 0.1) is 5.02 Å². The number of carbonyl (C=O) groups excluding carboxylic acids is 1. The molecule has 1 nitrogen and oxygen atoms in total. The van der Waals surface area contributed by atoms with E-state index in [0.29, 0.717) is 15.6 Å². The van der Waals surface area contributed by atoms with Gasteiger partial charge in [-0.2, -0.15) is 0 Å². The molecule has 0 amide bonds. The largest absolute Gasteiger partial charge is 0.294 e. The van der Waals surface area contributed by atoms with Gasteiger partial charge in [-0.1, -0.05) is 48.9 Å². The third kappa shape index (κ3) is 3.23. The van der Waals surface area contributed by atoms with Gasteiger partial charge in [0.15, 0.2) is 5.78 Å². The highest BCUT2D eigenvalue weighted by Crippen LogP contribution is 2.29. The zero-order chi connectivity index (χ0) is 12.3. The van der Waals surface area contributed by atoms with E-state index in [1.165, 1.54) is 12.8 Å². The van der Waals surface area contributed by atoms with E-state index in [-0.39, 0.29) is 11.7 Å². The first-order chi connectivity index (χ1) is 8.18. The molecule has 1 aromatic carbocycles. The Morgan fingerprint density at radius 1 is 1.06 bits per heavy atom. The van der Waals surface area contributed by atoms with Crippen molar-refractivity contribution in [2.45, 2.75) is 38.5 Å². The Morgan fingerprint density at radius 2 is 1.71 bits per heavy atom. The monoisotopic (exact) mass is 270 g/mol. The number of hydrogen-bond acceptors (Lipinski definition) is 1. The topological polar surface area (TPSA) is 17.1 Å². The number of Topliss-reactive ketones (excluding diaryl/α,β-unsaturated/α-hetero) is 1. The lowest BCUT2D eigenvalue weighted by Crippen LogP contribution is -2.14. The summed E-state index contributed by atoms with van der Waals surface area (Å²) in [4.78, 5) is 12.4. The standard InChI is InChI=1S/C14H16Cl2O/c15-11-7-8-12(13(16)9-11)14(17)10-5-3-1-2-4-6-10/h7-10H,1-6H2. The first-order valence-electron chi connectivity index (χ1n) is 6.18. The minimum atomic E-state index is 0.149. The van der Waals surface area contributed by atoms with E-state index in [1.54, 1.807) is 18.2 Å². The van der Waals surface area contributed by atoms with Crippen molar-refractivity contribution < 1.29 is 4.79 Å². The Hall–Kier alpha value is -0.530. The van der Waals surface area contributed by atoms with E-state index in [9.17, 15) is 4.79 Å². The molecule has 0 saturated heterocycles. The minimum Gasteiger partial charge on any atom is -0.294 e. The number of ketones is 1. The normalized spacial score (nSPS) is 17.8. The molecule has 92 valence electrons. The maximum absolute atomic E-state index is 12.4. The fourth-order valence-electron chi connectivity index (χ4n) is 2.45. The van der Waals surface area contributed by atoms with Gasteiger partial charge in [-0.05, 0) is 31.0 Å². The van der Waals surface area contributed by atoms with Gasteiger partial charge in [0, 0.05) is 16.5 Å². The molecule has 0 unspecified atom stereocenters. The fraction of sp³-hybridized carbons (Fsp3) is 0.500. The summed E-state index contributed by atoms with van der Waals surface area (Å²) < 4.78 is 0. The second-order valence-electron chi connectivity index (χ2n) is 4.68. The molecule has 1 aromatic rings. The first-order valence-corrected chi connectivity index (χ1v) is 6.93. The Kier molecular flexibility index (Phi) is 4.47. The molecule has 0 spiro atoms. The smallest absolute Gasteiger partial charge is 0.167 e. The van der Waals surface area contributed by atoms with Crippen LogP contribution in [-0.4, -0.2) is 5.78 Å². The second kappa shape index (κ2) is 5.88. The summed E-state index contributed by atoms with van der Waals surface area (Å²) in [5.41, 5.74) is 0.628. The second-order valence-corrected chi connectivity index (χ2v) is 5.52. The van der Waals surface area contributed by atoms with Crippen LogP contribution in [-0.2, 0) is 0 Å². The average Bonchev–Trinajstić information content (AvgIpc) is 2.56. The molecule has 0 heterocycles. The van der Waals surface area contributed by atoms with Crippen LogP contribution in [0.25, 0.3) is 0 Å².